The van der Waals surface area contributed by atoms with Crippen LogP contribution in [-0.2, 0) is 16.1 Å². The predicted octanol–water partition coefficient (Wildman–Crippen LogP) is 6.09. The molecule has 11 heteroatoms. The second-order valence-electron chi connectivity index (χ2n) is 11.2. The summed E-state index contributed by atoms with van der Waals surface area (Å²) in [6.45, 7) is 9.98. The Morgan fingerprint density at radius 2 is 1.81 bits per heavy atom. The smallest absolute Gasteiger partial charge is 0.338 e. The molecule has 0 N–H and O–H groups in total. The SMILES string of the molecule is CCOC(=O)C1=C(C)N=c2s/c(=C\c3cc(I)c(OCc4cccc(C)c4)c(OC)c3)c(=O)n2[C@H]1c1ccc(OC(C)C)c(OC)c1. The third-order valence-electron chi connectivity index (χ3n) is 7.40. The van der Waals surface area contributed by atoms with Gasteiger partial charge >= 0.3 is 5.97 Å². The first-order chi connectivity index (χ1) is 22.5. The number of halogens is 1. The normalized spacial score (nSPS) is 14.5. The standard InChI is InChI=1S/C36H37IN2O7S/c1-8-44-35(41)31-22(5)38-36-39(32(31)25-12-13-27(46-20(2)3)28(18-25)42-6)34(40)30(47-36)17-24-15-26(37)33(29(16-24)43-7)45-19-23-11-9-10-21(4)14-23/h9-18,20,32H,8,19H2,1-7H3/b30-17-/t32-/m0/s1. The molecular formula is C36H37IN2O7S. The Labute approximate surface area is 291 Å². The number of thiazole rings is 1. The van der Waals surface area contributed by atoms with E-state index in [-0.39, 0.29) is 23.8 Å². The van der Waals surface area contributed by atoms with Crippen LogP contribution in [-0.4, -0.2) is 37.5 Å². The molecule has 0 spiro atoms. The number of rotatable bonds is 11. The number of hydrogen-bond donors (Lipinski definition) is 0. The van der Waals surface area contributed by atoms with Gasteiger partial charge in [-0.3, -0.25) is 9.36 Å². The van der Waals surface area contributed by atoms with Crippen LogP contribution in [0.1, 0.15) is 56.0 Å². The molecule has 0 unspecified atom stereocenters. The van der Waals surface area contributed by atoms with Crippen molar-refractivity contribution in [1.82, 2.24) is 4.57 Å². The molecule has 0 saturated carbocycles. The number of carbonyl (C=O) groups is 1. The molecule has 4 aromatic rings. The summed E-state index contributed by atoms with van der Waals surface area (Å²) in [4.78, 5) is 32.7. The minimum atomic E-state index is -0.790. The van der Waals surface area contributed by atoms with E-state index in [2.05, 4.69) is 28.7 Å². The fraction of sp³-hybridized carbons (Fsp3) is 0.306. The molecule has 1 aliphatic heterocycles. The van der Waals surface area contributed by atoms with Crippen LogP contribution in [0.3, 0.4) is 0 Å². The van der Waals surface area contributed by atoms with Crippen LogP contribution in [0.25, 0.3) is 6.08 Å². The lowest BCUT2D eigenvalue weighted by molar-refractivity contribution is -0.139. The molecule has 1 atom stereocenters. The fourth-order valence-corrected chi connectivity index (χ4v) is 7.21. The van der Waals surface area contributed by atoms with Crippen LogP contribution in [0.5, 0.6) is 23.0 Å². The van der Waals surface area contributed by atoms with Crippen molar-refractivity contribution in [1.29, 1.82) is 0 Å². The Morgan fingerprint density at radius 1 is 1.04 bits per heavy atom. The first kappa shape index (κ1) is 34.2. The zero-order valence-corrected chi connectivity index (χ0v) is 30.4. The van der Waals surface area contributed by atoms with Gasteiger partial charge in [-0.2, -0.15) is 0 Å². The molecule has 0 radical (unpaired) electrons. The summed E-state index contributed by atoms with van der Waals surface area (Å²) in [5.74, 6) is 1.70. The highest BCUT2D eigenvalue weighted by molar-refractivity contribution is 14.1. The van der Waals surface area contributed by atoms with Gasteiger partial charge in [0.05, 0.1) is 52.3 Å². The minimum absolute atomic E-state index is 0.0694. The van der Waals surface area contributed by atoms with Gasteiger partial charge in [0.1, 0.15) is 6.61 Å². The Kier molecular flexibility index (Phi) is 10.8. The van der Waals surface area contributed by atoms with Gasteiger partial charge in [0, 0.05) is 0 Å². The molecule has 1 aromatic heterocycles. The Bertz CT molecular complexity index is 2030. The van der Waals surface area contributed by atoms with E-state index in [0.717, 1.165) is 20.3 Å². The number of ether oxygens (including phenoxy) is 5. The average molecular weight is 769 g/mol. The summed E-state index contributed by atoms with van der Waals surface area (Å²) in [5.41, 5.74) is 4.12. The van der Waals surface area contributed by atoms with Gasteiger partial charge in [-0.25, -0.2) is 9.79 Å². The summed E-state index contributed by atoms with van der Waals surface area (Å²) in [6.07, 6.45) is 1.74. The summed E-state index contributed by atoms with van der Waals surface area (Å²) >= 11 is 3.47. The van der Waals surface area contributed by atoms with Gasteiger partial charge in [-0.05, 0) is 104 Å². The van der Waals surface area contributed by atoms with Gasteiger partial charge in [-0.15, -0.1) is 0 Å². The molecule has 0 saturated heterocycles. The minimum Gasteiger partial charge on any atom is -0.493 e. The highest BCUT2D eigenvalue weighted by Crippen LogP contribution is 2.37. The van der Waals surface area contributed by atoms with Crippen molar-refractivity contribution in [2.24, 2.45) is 4.99 Å². The lowest BCUT2D eigenvalue weighted by Gasteiger charge is -2.25. The monoisotopic (exact) mass is 768 g/mol. The molecule has 0 fully saturated rings. The maximum atomic E-state index is 14.2. The second-order valence-corrected chi connectivity index (χ2v) is 13.4. The quantitative estimate of drug-likeness (QED) is 0.135. The molecule has 2 heterocycles. The van der Waals surface area contributed by atoms with E-state index in [4.69, 9.17) is 28.7 Å². The van der Waals surface area contributed by atoms with Crippen LogP contribution in [0.2, 0.25) is 0 Å². The van der Waals surface area contributed by atoms with E-state index in [1.807, 2.05) is 57.2 Å². The van der Waals surface area contributed by atoms with Crippen LogP contribution in [0.4, 0.5) is 0 Å². The second kappa shape index (κ2) is 14.8. The molecule has 246 valence electrons. The first-order valence-electron chi connectivity index (χ1n) is 15.1. The maximum Gasteiger partial charge on any atom is 0.338 e. The molecule has 5 rings (SSSR count). The largest absolute Gasteiger partial charge is 0.493 e. The van der Waals surface area contributed by atoms with Crippen molar-refractivity contribution in [2.75, 3.05) is 20.8 Å². The van der Waals surface area contributed by atoms with Crippen molar-refractivity contribution in [3.05, 3.63) is 111 Å². The molecule has 0 bridgehead atoms. The third kappa shape index (κ3) is 7.41. The number of benzene rings is 3. The highest BCUT2D eigenvalue weighted by Gasteiger charge is 2.34. The van der Waals surface area contributed by atoms with E-state index < -0.39 is 12.0 Å². The van der Waals surface area contributed by atoms with E-state index in [9.17, 15) is 9.59 Å². The fourth-order valence-electron chi connectivity index (χ4n) is 5.38. The summed E-state index contributed by atoms with van der Waals surface area (Å²) < 4.78 is 31.7. The lowest BCUT2D eigenvalue weighted by atomic mass is 9.95. The van der Waals surface area contributed by atoms with E-state index in [0.29, 0.717) is 50.2 Å². The zero-order valence-electron chi connectivity index (χ0n) is 27.4. The zero-order chi connectivity index (χ0) is 33.8. The Balaban J connectivity index is 1.60. The topological polar surface area (TPSA) is 97.6 Å². The number of carbonyl (C=O) groups excluding carboxylic acids is 1. The lowest BCUT2D eigenvalue weighted by Crippen LogP contribution is -2.40. The summed E-state index contributed by atoms with van der Waals surface area (Å²) in [5, 5.41) is 0. The van der Waals surface area contributed by atoms with Crippen LogP contribution >= 0.6 is 33.9 Å². The number of hydrogen-bond acceptors (Lipinski definition) is 9. The molecule has 9 nitrogen and oxygen atoms in total. The molecule has 3 aromatic carbocycles. The van der Waals surface area contributed by atoms with E-state index >= 15 is 0 Å². The Morgan fingerprint density at radius 3 is 2.49 bits per heavy atom. The molecule has 1 aliphatic rings. The first-order valence-corrected chi connectivity index (χ1v) is 17.0. The number of fused-ring (bicyclic) bond motifs is 1. The van der Waals surface area contributed by atoms with Crippen molar-refractivity contribution >= 4 is 46.0 Å². The molecule has 0 amide bonds. The number of allylic oxidation sites excluding steroid dienone is 1. The van der Waals surface area contributed by atoms with Crippen LogP contribution < -0.4 is 33.8 Å². The number of aromatic nitrogens is 1. The van der Waals surface area contributed by atoms with Crippen molar-refractivity contribution < 1.29 is 28.5 Å². The Hall–Kier alpha value is -4.10. The van der Waals surface area contributed by atoms with E-state index in [1.54, 1.807) is 50.8 Å². The molecular weight excluding hydrogens is 731 g/mol. The number of nitrogens with zero attached hydrogens (tertiary/aromatic N) is 2. The number of esters is 1. The van der Waals surface area contributed by atoms with Gasteiger partial charge < -0.3 is 23.7 Å². The molecule has 0 aliphatic carbocycles. The van der Waals surface area contributed by atoms with Crippen molar-refractivity contribution in [3.8, 4) is 23.0 Å². The highest BCUT2D eigenvalue weighted by atomic mass is 127. The summed E-state index contributed by atoms with van der Waals surface area (Å²) in [6, 6.07) is 16.6. The van der Waals surface area contributed by atoms with E-state index in [1.165, 1.54) is 11.3 Å². The maximum absolute atomic E-state index is 14.2. The predicted molar refractivity (Wildman–Crippen MR) is 190 cm³/mol. The number of aryl methyl sites for hydroxylation is 1. The average Bonchev–Trinajstić information content (AvgIpc) is 3.33. The van der Waals surface area contributed by atoms with Crippen LogP contribution in [0.15, 0.2) is 75.7 Å². The third-order valence-corrected chi connectivity index (χ3v) is 9.18. The van der Waals surface area contributed by atoms with Crippen molar-refractivity contribution in [3.63, 3.8) is 0 Å². The van der Waals surface area contributed by atoms with Crippen molar-refractivity contribution in [2.45, 2.75) is 53.4 Å². The number of methoxy groups -OCH3 is 2. The van der Waals surface area contributed by atoms with Gasteiger partial charge in [-0.1, -0.05) is 47.2 Å². The summed E-state index contributed by atoms with van der Waals surface area (Å²) in [7, 11) is 3.15. The molecule has 47 heavy (non-hydrogen) atoms. The van der Waals surface area contributed by atoms with Gasteiger partial charge in [0.25, 0.3) is 5.56 Å². The van der Waals surface area contributed by atoms with Gasteiger partial charge in [0.15, 0.2) is 27.8 Å². The van der Waals surface area contributed by atoms with Crippen LogP contribution in [0, 0.1) is 10.5 Å². The van der Waals surface area contributed by atoms with Gasteiger partial charge in [0.2, 0.25) is 0 Å².